The Morgan fingerprint density at radius 2 is 1.81 bits per heavy atom. The van der Waals surface area contributed by atoms with Crippen molar-refractivity contribution >= 4 is 38.8 Å². The Kier molecular flexibility index (Phi) is 6.83. The molecule has 1 aliphatic heterocycles. The molecule has 0 fully saturated rings. The molecule has 2 aromatic rings. The van der Waals surface area contributed by atoms with Gasteiger partial charge in [-0.05, 0) is 56.3 Å². The average Bonchev–Trinajstić information content (AvgIpc) is 2.72. The first-order valence-electron chi connectivity index (χ1n) is 9.94. The number of hydrogen-bond donors (Lipinski definition) is 1. The normalized spacial score (nSPS) is 15.5. The van der Waals surface area contributed by atoms with Crippen molar-refractivity contribution in [2.24, 2.45) is 0 Å². The Morgan fingerprint density at radius 3 is 2.47 bits per heavy atom. The summed E-state index contributed by atoms with van der Waals surface area (Å²) >= 11 is 0. The van der Waals surface area contributed by atoms with E-state index in [0.29, 0.717) is 29.5 Å². The summed E-state index contributed by atoms with van der Waals surface area (Å²) in [4.78, 5) is 38.2. The molecule has 9 nitrogen and oxygen atoms in total. The highest BCUT2D eigenvalue weighted by atomic mass is 32.2. The number of sulfone groups is 1. The largest absolute Gasteiger partial charge is 0.494 e. The zero-order valence-electron chi connectivity index (χ0n) is 18.0. The van der Waals surface area contributed by atoms with E-state index in [1.807, 2.05) is 6.92 Å². The number of carbonyl (C=O) groups is 3. The molecule has 3 rings (SSSR count). The van der Waals surface area contributed by atoms with E-state index in [1.165, 1.54) is 23.1 Å². The molecule has 0 radical (unpaired) electrons. The van der Waals surface area contributed by atoms with Crippen LogP contribution in [-0.2, 0) is 19.4 Å². The molecule has 1 aliphatic rings. The highest BCUT2D eigenvalue weighted by molar-refractivity contribution is 7.92. The van der Waals surface area contributed by atoms with Crippen LogP contribution >= 0.6 is 0 Å². The van der Waals surface area contributed by atoms with Gasteiger partial charge in [-0.25, -0.2) is 8.42 Å². The van der Waals surface area contributed by atoms with Crippen LogP contribution in [0.3, 0.4) is 0 Å². The Bertz CT molecular complexity index is 1140. The summed E-state index contributed by atoms with van der Waals surface area (Å²) in [5.41, 5.74) is 0.901. The maximum absolute atomic E-state index is 12.6. The Balaban J connectivity index is 1.64. The molecule has 1 unspecified atom stereocenters. The predicted molar refractivity (Wildman–Crippen MR) is 119 cm³/mol. The Morgan fingerprint density at radius 1 is 1.12 bits per heavy atom. The van der Waals surface area contributed by atoms with Gasteiger partial charge in [0.2, 0.25) is 5.91 Å². The third-order valence-corrected chi connectivity index (χ3v) is 6.18. The first kappa shape index (κ1) is 23.3. The molecule has 0 saturated heterocycles. The number of likely N-dealkylation sites (N-methyl/N-ethyl adjacent to an activating group) is 1. The fourth-order valence-corrected chi connectivity index (χ4v) is 4.36. The molecule has 1 atom stereocenters. The maximum atomic E-state index is 12.6. The second kappa shape index (κ2) is 9.39. The molecule has 0 spiro atoms. The summed E-state index contributed by atoms with van der Waals surface area (Å²) < 4.78 is 35.6. The smallest absolute Gasteiger partial charge is 0.267 e. The third-order valence-electron chi connectivity index (χ3n) is 4.78. The van der Waals surface area contributed by atoms with Gasteiger partial charge in [0.15, 0.2) is 21.7 Å². The number of rotatable bonds is 8. The van der Waals surface area contributed by atoms with E-state index in [4.69, 9.17) is 9.47 Å². The van der Waals surface area contributed by atoms with Crippen LogP contribution < -0.4 is 19.7 Å². The van der Waals surface area contributed by atoms with Gasteiger partial charge in [-0.3, -0.25) is 14.4 Å². The highest BCUT2D eigenvalue weighted by Gasteiger charge is 2.30. The summed E-state index contributed by atoms with van der Waals surface area (Å²) in [6.45, 7) is 3.96. The molecule has 0 saturated carbocycles. The van der Waals surface area contributed by atoms with Crippen LogP contribution in [0.2, 0.25) is 0 Å². The monoisotopic (exact) mass is 460 g/mol. The fourth-order valence-electron chi connectivity index (χ4n) is 3.22. The minimum Gasteiger partial charge on any atom is -0.494 e. The van der Waals surface area contributed by atoms with Crippen LogP contribution in [0.4, 0.5) is 11.4 Å². The first-order chi connectivity index (χ1) is 15.1. The quantitative estimate of drug-likeness (QED) is 0.599. The number of nitrogens with one attached hydrogen (secondary N) is 1. The maximum Gasteiger partial charge on any atom is 0.267 e. The van der Waals surface area contributed by atoms with Crippen LogP contribution in [0.15, 0.2) is 42.5 Å². The number of hydrogen-bond acceptors (Lipinski definition) is 7. The summed E-state index contributed by atoms with van der Waals surface area (Å²) in [6.07, 6.45) is -0.650. The van der Waals surface area contributed by atoms with Crippen molar-refractivity contribution in [3.05, 3.63) is 48.0 Å². The summed E-state index contributed by atoms with van der Waals surface area (Å²) in [5.74, 6) is -2.33. The van der Waals surface area contributed by atoms with Crippen molar-refractivity contribution < 1.29 is 32.3 Å². The average molecular weight is 461 g/mol. The van der Waals surface area contributed by atoms with Gasteiger partial charge in [-0.1, -0.05) is 0 Å². The summed E-state index contributed by atoms with van der Waals surface area (Å²) in [7, 11) is -2.47. The van der Waals surface area contributed by atoms with Gasteiger partial charge < -0.3 is 19.7 Å². The minimum absolute atomic E-state index is 0.108. The molecule has 0 aliphatic carbocycles. The molecule has 1 N–H and O–H groups in total. The number of Topliss-reactive ketones (excluding diaryl/α,β-unsaturated/α-hetero) is 1. The van der Waals surface area contributed by atoms with Crippen molar-refractivity contribution in [3.8, 4) is 11.5 Å². The zero-order chi connectivity index (χ0) is 23.5. The van der Waals surface area contributed by atoms with Crippen molar-refractivity contribution in [2.75, 3.05) is 35.4 Å². The van der Waals surface area contributed by atoms with Crippen molar-refractivity contribution in [1.29, 1.82) is 0 Å². The Hall–Kier alpha value is -3.40. The SMILES string of the molecule is CCOc1ccc(NC(=O)CS(=O)(=O)CC(=O)c2ccc3c(c2)N(C)C(=O)C(C)O3)cc1. The number of fused-ring (bicyclic) bond motifs is 1. The van der Waals surface area contributed by atoms with Crippen LogP contribution in [0, 0.1) is 0 Å². The number of ether oxygens (including phenoxy) is 2. The molecule has 1 heterocycles. The molecule has 170 valence electrons. The number of amides is 2. The standard InChI is InChI=1S/C22H24N2O7S/c1-4-30-17-8-6-16(7-9-17)23-21(26)13-32(28,29)12-19(25)15-5-10-20-18(11-15)24(3)22(27)14(2)31-20/h5-11,14H,4,12-13H2,1-3H3,(H,23,26). The lowest BCUT2D eigenvalue weighted by Crippen LogP contribution is -2.42. The van der Waals surface area contributed by atoms with Crippen LogP contribution in [0.25, 0.3) is 0 Å². The van der Waals surface area contributed by atoms with Gasteiger partial charge >= 0.3 is 0 Å². The van der Waals surface area contributed by atoms with Crippen LogP contribution in [0.1, 0.15) is 24.2 Å². The second-order valence-corrected chi connectivity index (χ2v) is 9.37. The number of benzene rings is 2. The van der Waals surface area contributed by atoms with Gasteiger partial charge in [0.1, 0.15) is 23.0 Å². The molecular weight excluding hydrogens is 436 g/mol. The lowest BCUT2D eigenvalue weighted by atomic mass is 10.1. The topological polar surface area (TPSA) is 119 Å². The van der Waals surface area contributed by atoms with Gasteiger partial charge in [0, 0.05) is 18.3 Å². The molecular formula is C22H24N2O7S. The van der Waals surface area contributed by atoms with Gasteiger partial charge in [0.05, 0.1) is 12.3 Å². The van der Waals surface area contributed by atoms with Gasteiger partial charge in [0.25, 0.3) is 5.91 Å². The number of carbonyl (C=O) groups excluding carboxylic acids is 3. The van der Waals surface area contributed by atoms with Crippen LogP contribution in [0.5, 0.6) is 11.5 Å². The second-order valence-electron chi connectivity index (χ2n) is 7.30. The number of nitrogens with zero attached hydrogens (tertiary/aromatic N) is 1. The van der Waals surface area contributed by atoms with E-state index in [0.717, 1.165) is 0 Å². The van der Waals surface area contributed by atoms with Crippen LogP contribution in [-0.4, -0.2) is 57.3 Å². The molecule has 10 heteroatoms. The van der Waals surface area contributed by atoms with Crippen molar-refractivity contribution in [1.82, 2.24) is 0 Å². The molecule has 2 aromatic carbocycles. The lowest BCUT2D eigenvalue weighted by molar-refractivity contribution is -0.125. The minimum atomic E-state index is -4.02. The van der Waals surface area contributed by atoms with E-state index in [9.17, 15) is 22.8 Å². The van der Waals surface area contributed by atoms with Crippen molar-refractivity contribution in [2.45, 2.75) is 20.0 Å². The van der Waals surface area contributed by atoms with E-state index in [-0.39, 0.29) is 11.5 Å². The van der Waals surface area contributed by atoms with E-state index < -0.39 is 39.1 Å². The van der Waals surface area contributed by atoms with Gasteiger partial charge in [-0.2, -0.15) is 0 Å². The molecule has 2 amide bonds. The molecule has 32 heavy (non-hydrogen) atoms. The third kappa shape index (κ3) is 5.44. The molecule has 0 bridgehead atoms. The lowest BCUT2D eigenvalue weighted by Gasteiger charge is -2.30. The zero-order valence-corrected chi connectivity index (χ0v) is 18.8. The Labute approximate surface area is 186 Å². The van der Waals surface area contributed by atoms with Crippen molar-refractivity contribution in [3.63, 3.8) is 0 Å². The van der Waals surface area contributed by atoms with E-state index >= 15 is 0 Å². The van der Waals surface area contributed by atoms with E-state index in [1.54, 1.807) is 38.2 Å². The fraction of sp³-hybridized carbons (Fsp3) is 0.318. The summed E-state index contributed by atoms with van der Waals surface area (Å²) in [5, 5.41) is 2.49. The predicted octanol–water partition coefficient (Wildman–Crippen LogP) is 2.07. The highest BCUT2D eigenvalue weighted by Crippen LogP contribution is 2.34. The summed E-state index contributed by atoms with van der Waals surface area (Å²) in [6, 6.07) is 10.9. The van der Waals surface area contributed by atoms with Gasteiger partial charge in [-0.15, -0.1) is 0 Å². The molecule has 0 aromatic heterocycles. The first-order valence-corrected chi connectivity index (χ1v) is 11.8. The number of anilines is 2. The number of ketones is 1. The van der Waals surface area contributed by atoms with E-state index in [2.05, 4.69) is 5.32 Å².